The molecule has 0 unspecified atom stereocenters. The van der Waals surface area contributed by atoms with Gasteiger partial charge in [-0.3, -0.25) is 19.8 Å². The Morgan fingerprint density at radius 3 is 2.53 bits per heavy atom. The van der Waals surface area contributed by atoms with E-state index in [0.717, 1.165) is 48.6 Å². The average Bonchev–Trinajstić information content (AvgIpc) is 3.22. The highest BCUT2D eigenvalue weighted by Gasteiger charge is 2.32. The van der Waals surface area contributed by atoms with Crippen molar-refractivity contribution >= 4 is 51.7 Å². The topological polar surface area (TPSA) is 71.6 Å². The van der Waals surface area contributed by atoms with Crippen LogP contribution in [0.5, 0.6) is 0 Å². The molecule has 1 aromatic carbocycles. The molecule has 0 N–H and O–H groups in total. The molecule has 0 atom stereocenters. The number of rotatable bonds is 6. The minimum Gasteiger partial charge on any atom is -0.366 e. The molecule has 7 nitrogen and oxygen atoms in total. The minimum absolute atomic E-state index is 0.0602. The van der Waals surface area contributed by atoms with Crippen molar-refractivity contribution in [3.05, 3.63) is 56.2 Å². The molecule has 4 rings (SSSR count). The van der Waals surface area contributed by atoms with Gasteiger partial charge in [-0.05, 0) is 68.9 Å². The standard InChI is InChI=1S/C25H30N4O3S2/c1-16(2)15-27-24(30)23(34-25(27)33)13-19-12-17(3)28(18(19)4)20-8-9-21(22(14-20)29(31)32)26-10-6-5-7-11-26/h8-9,12-14,16H,5-7,10-11,15H2,1-4H3/b23-13-. The first-order valence-electron chi connectivity index (χ1n) is 11.7. The lowest BCUT2D eigenvalue weighted by Gasteiger charge is -2.28. The van der Waals surface area contributed by atoms with Gasteiger partial charge in [0.1, 0.15) is 10.0 Å². The molecule has 0 aliphatic carbocycles. The lowest BCUT2D eigenvalue weighted by Crippen LogP contribution is -2.31. The Bertz CT molecular complexity index is 1180. The maximum Gasteiger partial charge on any atom is 0.294 e. The van der Waals surface area contributed by atoms with Gasteiger partial charge >= 0.3 is 0 Å². The summed E-state index contributed by atoms with van der Waals surface area (Å²) in [4.78, 5) is 28.9. The normalized spacial score (nSPS) is 18.0. The first kappa shape index (κ1) is 24.5. The van der Waals surface area contributed by atoms with Crippen LogP contribution in [0.15, 0.2) is 29.2 Å². The number of hydrogen-bond donors (Lipinski definition) is 0. The fraction of sp³-hybridized carbons (Fsp3) is 0.440. The zero-order chi connectivity index (χ0) is 24.6. The number of aromatic nitrogens is 1. The summed E-state index contributed by atoms with van der Waals surface area (Å²) in [7, 11) is 0. The molecule has 180 valence electrons. The van der Waals surface area contributed by atoms with Gasteiger partial charge in [-0.25, -0.2) is 0 Å². The molecule has 1 amide bonds. The molecule has 3 heterocycles. The highest BCUT2D eigenvalue weighted by atomic mass is 32.2. The van der Waals surface area contributed by atoms with Crippen LogP contribution in [0.3, 0.4) is 0 Å². The van der Waals surface area contributed by atoms with Crippen molar-refractivity contribution in [2.45, 2.75) is 47.0 Å². The van der Waals surface area contributed by atoms with Gasteiger partial charge in [0, 0.05) is 37.1 Å². The molecule has 34 heavy (non-hydrogen) atoms. The summed E-state index contributed by atoms with van der Waals surface area (Å²) in [6.45, 7) is 10.4. The van der Waals surface area contributed by atoms with Gasteiger partial charge in [-0.15, -0.1) is 0 Å². The quantitative estimate of drug-likeness (QED) is 0.215. The summed E-state index contributed by atoms with van der Waals surface area (Å²) in [5.41, 5.74) is 4.33. The molecule has 2 aliphatic heterocycles. The van der Waals surface area contributed by atoms with E-state index >= 15 is 0 Å². The van der Waals surface area contributed by atoms with Gasteiger partial charge in [-0.1, -0.05) is 37.8 Å². The second-order valence-electron chi connectivity index (χ2n) is 9.33. The van der Waals surface area contributed by atoms with E-state index in [4.69, 9.17) is 12.2 Å². The Morgan fingerprint density at radius 2 is 1.88 bits per heavy atom. The number of carbonyl (C=O) groups is 1. The van der Waals surface area contributed by atoms with Crippen LogP contribution >= 0.6 is 24.0 Å². The number of carbonyl (C=O) groups excluding carboxylic acids is 1. The predicted molar refractivity (Wildman–Crippen MR) is 143 cm³/mol. The predicted octanol–water partition coefficient (Wildman–Crippen LogP) is 5.85. The highest BCUT2D eigenvalue weighted by Crippen LogP contribution is 2.36. The highest BCUT2D eigenvalue weighted by molar-refractivity contribution is 8.26. The fourth-order valence-corrected chi connectivity index (χ4v) is 5.96. The minimum atomic E-state index is -0.289. The van der Waals surface area contributed by atoms with Crippen LogP contribution in [0.25, 0.3) is 11.8 Å². The van der Waals surface area contributed by atoms with E-state index in [1.54, 1.807) is 11.0 Å². The first-order valence-corrected chi connectivity index (χ1v) is 12.9. The van der Waals surface area contributed by atoms with Gasteiger partial charge in [0.15, 0.2) is 0 Å². The second-order valence-corrected chi connectivity index (χ2v) is 11.0. The first-order chi connectivity index (χ1) is 16.2. The molecule has 0 spiro atoms. The number of nitrogens with zero attached hydrogens (tertiary/aromatic N) is 4. The number of nitro benzene ring substituents is 1. The van der Waals surface area contributed by atoms with Gasteiger partial charge in [-0.2, -0.15) is 0 Å². The third kappa shape index (κ3) is 4.77. The molecule has 2 aliphatic rings. The van der Waals surface area contributed by atoms with Crippen molar-refractivity contribution in [2.24, 2.45) is 5.92 Å². The molecular weight excluding hydrogens is 468 g/mol. The molecule has 2 aromatic rings. The molecule has 1 aromatic heterocycles. The summed E-state index contributed by atoms with van der Waals surface area (Å²) in [6.07, 6.45) is 5.17. The van der Waals surface area contributed by atoms with Gasteiger partial charge in [0.25, 0.3) is 11.6 Å². The van der Waals surface area contributed by atoms with E-state index in [0.29, 0.717) is 27.4 Å². The zero-order valence-electron chi connectivity index (χ0n) is 20.0. The summed E-state index contributed by atoms with van der Waals surface area (Å²) in [5, 5.41) is 11.9. The van der Waals surface area contributed by atoms with Gasteiger partial charge in [0.05, 0.1) is 15.5 Å². The summed E-state index contributed by atoms with van der Waals surface area (Å²) in [6, 6.07) is 7.49. The Balaban J connectivity index is 1.68. The van der Waals surface area contributed by atoms with Gasteiger partial charge in [0.2, 0.25) is 0 Å². The van der Waals surface area contributed by atoms with Crippen LogP contribution in [0, 0.1) is 29.9 Å². The van der Waals surface area contributed by atoms with E-state index in [-0.39, 0.29) is 16.5 Å². The van der Waals surface area contributed by atoms with Crippen molar-refractivity contribution in [1.82, 2.24) is 9.47 Å². The van der Waals surface area contributed by atoms with Gasteiger partial charge < -0.3 is 9.47 Å². The monoisotopic (exact) mass is 498 g/mol. The number of amides is 1. The Morgan fingerprint density at radius 1 is 1.18 bits per heavy atom. The van der Waals surface area contributed by atoms with E-state index in [9.17, 15) is 14.9 Å². The number of thioether (sulfide) groups is 1. The summed E-state index contributed by atoms with van der Waals surface area (Å²) >= 11 is 6.76. The molecule has 0 radical (unpaired) electrons. The average molecular weight is 499 g/mol. The van der Waals surface area contributed by atoms with Crippen LogP contribution in [-0.2, 0) is 4.79 Å². The number of hydrogen-bond acceptors (Lipinski definition) is 6. The van der Waals surface area contributed by atoms with Crippen LogP contribution in [0.1, 0.15) is 50.1 Å². The number of thiocarbonyl (C=S) groups is 1. The molecule has 0 saturated carbocycles. The molecule has 0 bridgehead atoms. The van der Waals surface area contributed by atoms with Crippen molar-refractivity contribution in [3.8, 4) is 5.69 Å². The number of nitro groups is 1. The Labute approximate surface area is 209 Å². The molecule has 9 heteroatoms. The Hall–Kier alpha value is -2.65. The number of piperidine rings is 1. The van der Waals surface area contributed by atoms with Crippen molar-refractivity contribution in [1.29, 1.82) is 0 Å². The van der Waals surface area contributed by atoms with Crippen molar-refractivity contribution < 1.29 is 9.72 Å². The van der Waals surface area contributed by atoms with E-state index in [1.165, 1.54) is 18.2 Å². The number of anilines is 1. The maximum absolute atomic E-state index is 12.9. The van der Waals surface area contributed by atoms with Crippen LogP contribution < -0.4 is 4.90 Å². The largest absolute Gasteiger partial charge is 0.366 e. The summed E-state index contributed by atoms with van der Waals surface area (Å²) in [5.74, 6) is 0.269. The van der Waals surface area contributed by atoms with E-state index in [2.05, 4.69) is 18.7 Å². The Kier molecular flexibility index (Phi) is 7.14. The van der Waals surface area contributed by atoms with E-state index in [1.807, 2.05) is 42.7 Å². The van der Waals surface area contributed by atoms with Crippen molar-refractivity contribution in [3.63, 3.8) is 0 Å². The van der Waals surface area contributed by atoms with E-state index < -0.39 is 0 Å². The van der Waals surface area contributed by atoms with Crippen LogP contribution in [0.2, 0.25) is 0 Å². The lowest BCUT2D eigenvalue weighted by molar-refractivity contribution is -0.384. The third-order valence-corrected chi connectivity index (χ3v) is 7.67. The lowest BCUT2D eigenvalue weighted by atomic mass is 10.1. The zero-order valence-corrected chi connectivity index (χ0v) is 21.7. The fourth-order valence-electron chi connectivity index (χ4n) is 4.69. The molecular formula is C25H30N4O3S2. The van der Waals surface area contributed by atoms with Crippen LogP contribution in [0.4, 0.5) is 11.4 Å². The third-order valence-electron chi connectivity index (χ3n) is 6.29. The smallest absolute Gasteiger partial charge is 0.294 e. The SMILES string of the molecule is Cc1cc(/C=C2\SC(=S)N(CC(C)C)C2=O)c(C)n1-c1ccc(N2CCCCC2)c([N+](=O)[O-])c1. The molecule has 2 saturated heterocycles. The number of aryl methyl sites for hydroxylation is 1. The van der Waals surface area contributed by atoms with Crippen molar-refractivity contribution in [2.75, 3.05) is 24.5 Å². The maximum atomic E-state index is 12.9. The van der Waals surface area contributed by atoms with Crippen LogP contribution in [-0.4, -0.2) is 44.3 Å². The molecule has 2 fully saturated rings. The second kappa shape index (κ2) is 9.92. The summed E-state index contributed by atoms with van der Waals surface area (Å²) < 4.78 is 2.59. The number of benzene rings is 1.